The largest absolute Gasteiger partial charge is 0.452 e. The molecule has 0 aliphatic rings. The zero-order chi connectivity index (χ0) is 16.4. The lowest BCUT2D eigenvalue weighted by atomic mass is 10.2. The van der Waals surface area contributed by atoms with Gasteiger partial charge in [0, 0.05) is 12.1 Å². The Morgan fingerprint density at radius 1 is 1.23 bits per heavy atom. The van der Waals surface area contributed by atoms with Crippen LogP contribution in [0, 0.1) is 0 Å². The molecule has 6 nitrogen and oxygen atoms in total. The zero-order valence-corrected chi connectivity index (χ0v) is 12.7. The number of benzene rings is 1. The summed E-state index contributed by atoms with van der Waals surface area (Å²) in [6, 6.07) is 8.57. The maximum absolute atomic E-state index is 11.4. The number of nitrogens with one attached hydrogen (secondary N) is 2. The molecule has 6 heteroatoms. The molecule has 0 fully saturated rings. The molecule has 2 N–H and O–H groups in total. The molecule has 3 amide bonds. The molecule has 0 bridgehead atoms. The Morgan fingerprint density at radius 2 is 1.91 bits per heavy atom. The molecule has 0 radical (unpaired) electrons. The van der Waals surface area contributed by atoms with Gasteiger partial charge in [0.15, 0.2) is 6.61 Å². The summed E-state index contributed by atoms with van der Waals surface area (Å²) in [7, 11) is 0. The zero-order valence-electron chi connectivity index (χ0n) is 12.7. The molecule has 1 aromatic rings. The van der Waals surface area contributed by atoms with Crippen LogP contribution in [-0.2, 0) is 14.3 Å². The van der Waals surface area contributed by atoms with Gasteiger partial charge in [-0.25, -0.2) is 9.59 Å². The van der Waals surface area contributed by atoms with E-state index in [0.29, 0.717) is 0 Å². The third-order valence-corrected chi connectivity index (χ3v) is 2.80. The normalized spacial score (nSPS) is 11.7. The highest BCUT2D eigenvalue weighted by atomic mass is 16.5. The molecule has 0 aliphatic carbocycles. The van der Waals surface area contributed by atoms with Crippen molar-refractivity contribution in [3.63, 3.8) is 0 Å². The van der Waals surface area contributed by atoms with Crippen LogP contribution in [0.1, 0.15) is 25.8 Å². The van der Waals surface area contributed by atoms with E-state index in [9.17, 15) is 14.4 Å². The number of urea groups is 1. The van der Waals surface area contributed by atoms with Gasteiger partial charge in [-0.1, -0.05) is 37.3 Å². The minimum Gasteiger partial charge on any atom is -0.452 e. The topological polar surface area (TPSA) is 84.5 Å². The van der Waals surface area contributed by atoms with Crippen molar-refractivity contribution in [2.45, 2.75) is 26.3 Å². The molecule has 118 valence electrons. The third kappa shape index (κ3) is 7.23. The number of hydrogen-bond donors (Lipinski definition) is 2. The second-order valence-corrected chi connectivity index (χ2v) is 4.68. The van der Waals surface area contributed by atoms with Gasteiger partial charge in [-0.3, -0.25) is 10.1 Å². The molecule has 0 unspecified atom stereocenters. The lowest BCUT2D eigenvalue weighted by Gasteiger charge is -2.11. The van der Waals surface area contributed by atoms with Gasteiger partial charge in [0.25, 0.3) is 5.91 Å². The second-order valence-electron chi connectivity index (χ2n) is 4.68. The first-order valence-electron chi connectivity index (χ1n) is 7.01. The fourth-order valence-corrected chi connectivity index (χ4v) is 1.44. The predicted octanol–water partition coefficient (Wildman–Crippen LogP) is 1.87. The predicted molar refractivity (Wildman–Crippen MR) is 82.9 cm³/mol. The van der Waals surface area contributed by atoms with Gasteiger partial charge in [-0.15, -0.1) is 0 Å². The smallest absolute Gasteiger partial charge is 0.331 e. The van der Waals surface area contributed by atoms with Crippen molar-refractivity contribution in [3.05, 3.63) is 42.0 Å². The average molecular weight is 304 g/mol. The first-order valence-corrected chi connectivity index (χ1v) is 7.01. The first-order chi connectivity index (χ1) is 10.5. The summed E-state index contributed by atoms with van der Waals surface area (Å²) in [5, 5.41) is 4.65. The molecule has 0 spiro atoms. The van der Waals surface area contributed by atoms with E-state index >= 15 is 0 Å². The van der Waals surface area contributed by atoms with Gasteiger partial charge < -0.3 is 10.1 Å². The quantitative estimate of drug-likeness (QED) is 0.620. The molecule has 0 aliphatic heterocycles. The molecule has 0 saturated carbocycles. The summed E-state index contributed by atoms with van der Waals surface area (Å²) < 4.78 is 4.74. The lowest BCUT2D eigenvalue weighted by molar-refractivity contribution is -0.143. The van der Waals surface area contributed by atoms with Crippen molar-refractivity contribution in [2.24, 2.45) is 0 Å². The van der Waals surface area contributed by atoms with E-state index in [1.165, 1.54) is 6.08 Å². The van der Waals surface area contributed by atoms with Gasteiger partial charge in [-0.05, 0) is 25.0 Å². The van der Waals surface area contributed by atoms with E-state index in [-0.39, 0.29) is 6.04 Å². The maximum atomic E-state index is 11.4. The monoisotopic (exact) mass is 304 g/mol. The minimum atomic E-state index is -0.678. The van der Waals surface area contributed by atoms with Crippen molar-refractivity contribution < 1.29 is 19.1 Å². The van der Waals surface area contributed by atoms with Gasteiger partial charge in [0.2, 0.25) is 0 Å². The summed E-state index contributed by atoms with van der Waals surface area (Å²) >= 11 is 0. The average Bonchev–Trinajstić information content (AvgIpc) is 2.51. The van der Waals surface area contributed by atoms with Crippen LogP contribution >= 0.6 is 0 Å². The molecule has 0 saturated heterocycles. The highest BCUT2D eigenvalue weighted by molar-refractivity contribution is 5.96. The standard InChI is InChI=1S/C16H20N2O4/c1-3-12(2)17-16(21)18-14(19)11-22-15(20)10-9-13-7-5-4-6-8-13/h4-10,12H,3,11H2,1-2H3,(H2,17,18,19,21)/b10-9+/t12-/m1/s1. The number of carbonyl (C=O) groups is 3. The molecule has 22 heavy (non-hydrogen) atoms. The van der Waals surface area contributed by atoms with Crippen molar-refractivity contribution in [1.82, 2.24) is 10.6 Å². The Bertz CT molecular complexity index is 540. The maximum Gasteiger partial charge on any atom is 0.331 e. The third-order valence-electron chi connectivity index (χ3n) is 2.80. The van der Waals surface area contributed by atoms with Crippen LogP contribution in [0.3, 0.4) is 0 Å². The molecular weight excluding hydrogens is 284 g/mol. The minimum absolute atomic E-state index is 0.0378. The number of esters is 1. The molecule has 0 aromatic heterocycles. The number of rotatable bonds is 6. The second kappa shape index (κ2) is 9.33. The SMILES string of the molecule is CC[C@@H](C)NC(=O)NC(=O)COC(=O)/C=C/c1ccccc1. The van der Waals surface area contributed by atoms with Crippen LogP contribution in [0.25, 0.3) is 6.08 Å². The Labute approximate surface area is 129 Å². The fraction of sp³-hybridized carbons (Fsp3) is 0.312. The summed E-state index contributed by atoms with van der Waals surface area (Å²) in [5.74, 6) is -1.33. The van der Waals surface area contributed by atoms with Crippen LogP contribution in [0.15, 0.2) is 36.4 Å². The van der Waals surface area contributed by atoms with Gasteiger partial charge >= 0.3 is 12.0 Å². The molecular formula is C16H20N2O4. The number of carbonyl (C=O) groups excluding carboxylic acids is 3. The van der Waals surface area contributed by atoms with E-state index in [1.807, 2.05) is 44.2 Å². The van der Waals surface area contributed by atoms with Crippen molar-refractivity contribution in [3.8, 4) is 0 Å². The van der Waals surface area contributed by atoms with Gasteiger partial charge in [0.05, 0.1) is 0 Å². The Balaban J connectivity index is 2.30. The van der Waals surface area contributed by atoms with E-state index in [2.05, 4.69) is 10.6 Å². The number of ether oxygens (including phenoxy) is 1. The van der Waals surface area contributed by atoms with Crippen molar-refractivity contribution in [2.75, 3.05) is 6.61 Å². The van der Waals surface area contributed by atoms with Crippen LogP contribution in [0.5, 0.6) is 0 Å². The Morgan fingerprint density at radius 3 is 2.55 bits per heavy atom. The molecule has 1 rings (SSSR count). The summed E-state index contributed by atoms with van der Waals surface area (Å²) in [6.45, 7) is 3.22. The van der Waals surface area contributed by atoms with E-state index in [4.69, 9.17) is 4.74 Å². The number of imide groups is 1. The van der Waals surface area contributed by atoms with Gasteiger partial charge in [-0.2, -0.15) is 0 Å². The molecule has 1 aromatic carbocycles. The fourth-order valence-electron chi connectivity index (χ4n) is 1.44. The van der Waals surface area contributed by atoms with E-state index < -0.39 is 24.5 Å². The summed E-state index contributed by atoms with van der Waals surface area (Å²) in [4.78, 5) is 34.3. The van der Waals surface area contributed by atoms with E-state index in [1.54, 1.807) is 6.08 Å². The summed E-state index contributed by atoms with van der Waals surface area (Å²) in [6.07, 6.45) is 3.55. The lowest BCUT2D eigenvalue weighted by Crippen LogP contribution is -2.44. The number of hydrogen-bond acceptors (Lipinski definition) is 4. The molecule has 1 atom stereocenters. The Hall–Kier alpha value is -2.63. The van der Waals surface area contributed by atoms with Crippen LogP contribution in [-0.4, -0.2) is 30.6 Å². The first kappa shape index (κ1) is 17.4. The number of amides is 3. The van der Waals surface area contributed by atoms with Crippen LogP contribution in [0.2, 0.25) is 0 Å². The van der Waals surface area contributed by atoms with Crippen molar-refractivity contribution >= 4 is 24.0 Å². The van der Waals surface area contributed by atoms with Crippen LogP contribution < -0.4 is 10.6 Å². The van der Waals surface area contributed by atoms with Crippen molar-refractivity contribution in [1.29, 1.82) is 0 Å². The molecule has 0 heterocycles. The highest BCUT2D eigenvalue weighted by Gasteiger charge is 2.11. The van der Waals surface area contributed by atoms with Crippen LogP contribution in [0.4, 0.5) is 4.79 Å². The van der Waals surface area contributed by atoms with E-state index in [0.717, 1.165) is 12.0 Å². The summed E-state index contributed by atoms with van der Waals surface area (Å²) in [5.41, 5.74) is 0.844. The Kier molecular flexibility index (Phi) is 7.39. The highest BCUT2D eigenvalue weighted by Crippen LogP contribution is 2.00. The van der Waals surface area contributed by atoms with Gasteiger partial charge in [0.1, 0.15) is 0 Å².